The summed E-state index contributed by atoms with van der Waals surface area (Å²) in [5, 5.41) is 2.80. The first-order chi connectivity index (χ1) is 13.0. The van der Waals surface area contributed by atoms with Gasteiger partial charge in [-0.05, 0) is 29.5 Å². The van der Waals surface area contributed by atoms with Crippen LogP contribution >= 0.6 is 0 Å². The molecule has 5 nitrogen and oxygen atoms in total. The van der Waals surface area contributed by atoms with Crippen LogP contribution in [0.2, 0.25) is 0 Å². The first-order valence-corrected chi connectivity index (χ1v) is 11.0. The maximum Gasteiger partial charge on any atom is 0.227 e. The van der Waals surface area contributed by atoms with Crippen LogP contribution in [0, 0.1) is 0 Å². The molecule has 0 saturated carbocycles. The lowest BCUT2D eigenvalue weighted by Crippen LogP contribution is -2.41. The number of benzene rings is 2. The van der Waals surface area contributed by atoms with Crippen molar-refractivity contribution in [2.45, 2.75) is 32.2 Å². The molecule has 2 aromatic rings. The Bertz CT molecular complexity index is 881. The Morgan fingerprint density at radius 1 is 1.07 bits per heavy atom. The lowest BCUT2D eigenvalue weighted by molar-refractivity contribution is -0.122. The van der Waals surface area contributed by atoms with Gasteiger partial charge in [0.05, 0.1) is 11.7 Å². The predicted molar refractivity (Wildman–Crippen MR) is 107 cm³/mol. The number of hydrogen-bond donors (Lipinski definition) is 1. The smallest absolute Gasteiger partial charge is 0.227 e. The quantitative estimate of drug-likeness (QED) is 0.796. The van der Waals surface area contributed by atoms with Crippen molar-refractivity contribution >= 4 is 15.9 Å². The number of carbonyl (C=O) groups is 1. The number of rotatable bonds is 7. The second-order valence-corrected chi connectivity index (χ2v) is 8.92. The molecule has 0 fully saturated rings. The van der Waals surface area contributed by atoms with Crippen LogP contribution in [-0.2, 0) is 27.8 Å². The molecule has 0 bridgehead atoms. The van der Waals surface area contributed by atoms with Gasteiger partial charge < -0.3 is 5.32 Å². The third-order valence-corrected chi connectivity index (χ3v) is 6.89. The first-order valence-electron chi connectivity index (χ1n) is 9.38. The summed E-state index contributed by atoms with van der Waals surface area (Å²) >= 11 is 0. The Balaban J connectivity index is 1.56. The summed E-state index contributed by atoms with van der Waals surface area (Å²) in [5.41, 5.74) is 3.23. The van der Waals surface area contributed by atoms with Gasteiger partial charge in [-0.1, -0.05) is 61.5 Å². The Morgan fingerprint density at radius 2 is 1.74 bits per heavy atom. The summed E-state index contributed by atoms with van der Waals surface area (Å²) in [6, 6.07) is 17.5. The zero-order valence-electron chi connectivity index (χ0n) is 15.6. The fourth-order valence-electron chi connectivity index (χ4n) is 3.52. The van der Waals surface area contributed by atoms with Crippen molar-refractivity contribution < 1.29 is 13.2 Å². The van der Waals surface area contributed by atoms with E-state index in [1.165, 1.54) is 9.87 Å². The number of nitrogens with one attached hydrogen (secondary N) is 1. The van der Waals surface area contributed by atoms with Crippen molar-refractivity contribution in [2.24, 2.45) is 0 Å². The predicted octanol–water partition coefficient (Wildman–Crippen LogP) is 2.68. The molecule has 0 aromatic heterocycles. The molecule has 6 heteroatoms. The van der Waals surface area contributed by atoms with Crippen molar-refractivity contribution in [3.05, 3.63) is 71.3 Å². The highest BCUT2D eigenvalue weighted by Crippen LogP contribution is 2.21. The molecule has 3 rings (SSSR count). The SMILES string of the molecule is CC[C@@H](C(=O)NCCS(=O)(=O)N1CCc2ccccc2C1)c1ccccc1. The molecule has 0 unspecified atom stereocenters. The van der Waals surface area contributed by atoms with Crippen LogP contribution in [0.3, 0.4) is 0 Å². The van der Waals surface area contributed by atoms with E-state index in [0.29, 0.717) is 19.5 Å². The fraction of sp³-hybridized carbons (Fsp3) is 0.381. The largest absolute Gasteiger partial charge is 0.354 e. The summed E-state index contributed by atoms with van der Waals surface area (Å²) in [7, 11) is -3.40. The standard InChI is InChI=1S/C21H26N2O3S/c1-2-20(18-9-4-3-5-10-18)21(24)22-13-15-27(25,26)23-14-12-17-8-6-7-11-19(17)16-23/h3-11,20H,2,12-16H2,1H3,(H,22,24)/t20-/m1/s1. The highest BCUT2D eigenvalue weighted by Gasteiger charge is 2.26. The number of sulfonamides is 1. The molecular weight excluding hydrogens is 360 g/mol. The van der Waals surface area contributed by atoms with E-state index in [-0.39, 0.29) is 24.1 Å². The van der Waals surface area contributed by atoms with Crippen molar-refractivity contribution in [1.82, 2.24) is 9.62 Å². The minimum atomic E-state index is -3.40. The van der Waals surface area contributed by atoms with Crippen LogP contribution in [0.4, 0.5) is 0 Å². The van der Waals surface area contributed by atoms with Crippen molar-refractivity contribution in [3.8, 4) is 0 Å². The van der Waals surface area contributed by atoms with Gasteiger partial charge in [-0.25, -0.2) is 8.42 Å². The van der Waals surface area contributed by atoms with Crippen LogP contribution in [0.1, 0.15) is 36.0 Å². The van der Waals surface area contributed by atoms with Crippen LogP contribution in [-0.4, -0.2) is 37.5 Å². The van der Waals surface area contributed by atoms with Crippen LogP contribution in [0.15, 0.2) is 54.6 Å². The fourth-order valence-corrected chi connectivity index (χ4v) is 4.84. The number of hydrogen-bond acceptors (Lipinski definition) is 3. The second-order valence-electron chi connectivity index (χ2n) is 6.83. The van der Waals surface area contributed by atoms with Gasteiger partial charge in [0.15, 0.2) is 0 Å². The molecule has 1 atom stereocenters. The van der Waals surface area contributed by atoms with Gasteiger partial charge in [0, 0.05) is 19.6 Å². The molecule has 0 radical (unpaired) electrons. The summed E-state index contributed by atoms with van der Waals surface area (Å²) < 4.78 is 26.8. The van der Waals surface area contributed by atoms with Crippen LogP contribution in [0.25, 0.3) is 0 Å². The molecule has 0 spiro atoms. The summed E-state index contributed by atoms with van der Waals surface area (Å²) in [6.07, 6.45) is 1.40. The number of amides is 1. The minimum Gasteiger partial charge on any atom is -0.354 e. The van der Waals surface area contributed by atoms with Gasteiger partial charge in [-0.15, -0.1) is 0 Å². The van der Waals surface area contributed by atoms with Gasteiger partial charge in [0.2, 0.25) is 15.9 Å². The Kier molecular flexibility index (Phi) is 6.29. The number of carbonyl (C=O) groups excluding carboxylic acids is 1. The number of fused-ring (bicyclic) bond motifs is 1. The molecule has 144 valence electrons. The second kappa shape index (κ2) is 8.67. The van der Waals surface area contributed by atoms with E-state index in [2.05, 4.69) is 5.32 Å². The third-order valence-electron chi connectivity index (χ3n) is 5.07. The Morgan fingerprint density at radius 3 is 2.44 bits per heavy atom. The first kappa shape index (κ1) is 19.6. The normalized spacial score (nSPS) is 15.7. The summed E-state index contributed by atoms with van der Waals surface area (Å²) in [4.78, 5) is 12.5. The van der Waals surface area contributed by atoms with Crippen LogP contribution in [0.5, 0.6) is 0 Å². The maximum atomic E-state index is 12.7. The van der Waals surface area contributed by atoms with E-state index in [9.17, 15) is 13.2 Å². The zero-order chi connectivity index (χ0) is 19.3. The van der Waals surface area contributed by atoms with Crippen molar-refractivity contribution in [2.75, 3.05) is 18.8 Å². The van der Waals surface area contributed by atoms with Crippen molar-refractivity contribution in [1.29, 1.82) is 0 Å². The third kappa shape index (κ3) is 4.76. The van der Waals surface area contributed by atoms with Gasteiger partial charge in [0.25, 0.3) is 0 Å². The van der Waals surface area contributed by atoms with E-state index in [0.717, 1.165) is 17.5 Å². The average Bonchev–Trinajstić information content (AvgIpc) is 2.69. The van der Waals surface area contributed by atoms with Crippen molar-refractivity contribution in [3.63, 3.8) is 0 Å². The lowest BCUT2D eigenvalue weighted by atomic mass is 9.96. The zero-order valence-corrected chi connectivity index (χ0v) is 16.4. The van der Waals surface area contributed by atoms with Gasteiger partial charge in [0.1, 0.15) is 0 Å². The van der Waals surface area contributed by atoms with E-state index in [1.807, 2.05) is 61.5 Å². The number of nitrogens with zero attached hydrogens (tertiary/aromatic N) is 1. The van der Waals surface area contributed by atoms with E-state index < -0.39 is 10.0 Å². The highest BCUT2D eigenvalue weighted by atomic mass is 32.2. The molecule has 1 amide bonds. The Labute approximate surface area is 161 Å². The molecular formula is C21H26N2O3S. The molecule has 1 aliphatic heterocycles. The van der Waals surface area contributed by atoms with Gasteiger partial charge >= 0.3 is 0 Å². The van der Waals surface area contributed by atoms with E-state index >= 15 is 0 Å². The van der Waals surface area contributed by atoms with Gasteiger partial charge in [-0.3, -0.25) is 4.79 Å². The Hall–Kier alpha value is -2.18. The lowest BCUT2D eigenvalue weighted by Gasteiger charge is -2.28. The maximum absolute atomic E-state index is 12.7. The molecule has 1 N–H and O–H groups in total. The van der Waals surface area contributed by atoms with Crippen LogP contribution < -0.4 is 5.32 Å². The average molecular weight is 387 g/mol. The van der Waals surface area contributed by atoms with E-state index in [1.54, 1.807) is 0 Å². The van der Waals surface area contributed by atoms with E-state index in [4.69, 9.17) is 0 Å². The molecule has 1 aliphatic rings. The molecule has 2 aromatic carbocycles. The van der Waals surface area contributed by atoms with Gasteiger partial charge in [-0.2, -0.15) is 4.31 Å². The monoisotopic (exact) mass is 386 g/mol. The minimum absolute atomic E-state index is 0.0773. The molecule has 0 saturated heterocycles. The molecule has 1 heterocycles. The summed E-state index contributed by atoms with van der Waals surface area (Å²) in [5.74, 6) is -0.453. The molecule has 0 aliphatic carbocycles. The topological polar surface area (TPSA) is 66.5 Å². The molecule has 27 heavy (non-hydrogen) atoms. The highest BCUT2D eigenvalue weighted by molar-refractivity contribution is 7.89. The summed E-state index contributed by atoms with van der Waals surface area (Å²) in [6.45, 7) is 2.99.